The maximum Gasteiger partial charge on any atom is 0.134 e. The van der Waals surface area contributed by atoms with Gasteiger partial charge in [0.1, 0.15) is 15.2 Å². The highest BCUT2D eigenvalue weighted by Gasteiger charge is 2.32. The molecule has 2 unspecified atom stereocenters. The Morgan fingerprint density at radius 3 is 1.48 bits per heavy atom. The minimum Gasteiger partial charge on any atom is -0.778 e. The Hall–Kier alpha value is 0.220. The van der Waals surface area contributed by atoms with Gasteiger partial charge in [0.15, 0.2) is 0 Å². The van der Waals surface area contributed by atoms with Crippen molar-refractivity contribution in [3.8, 4) is 0 Å². The Kier molecular flexibility index (Phi) is 9.48. The number of aliphatic hydroxyl groups excluding tert-OH is 2. The van der Waals surface area contributed by atoms with Crippen LogP contribution >= 0.6 is 15.2 Å². The van der Waals surface area contributed by atoms with Gasteiger partial charge in [-0.3, -0.25) is 0 Å². The van der Waals surface area contributed by atoms with Gasteiger partial charge < -0.3 is 38.2 Å². The lowest BCUT2D eigenvalue weighted by atomic mass is 9.93. The number of rotatable bonds is 12. The van der Waals surface area contributed by atoms with E-state index in [0.717, 1.165) is 0 Å². The van der Waals surface area contributed by atoms with Crippen molar-refractivity contribution < 1.29 is 38.2 Å². The highest BCUT2D eigenvalue weighted by molar-refractivity contribution is 7.51. The van der Waals surface area contributed by atoms with Crippen LogP contribution in [0.2, 0.25) is 0 Å². The van der Waals surface area contributed by atoms with E-state index in [0.29, 0.717) is 12.8 Å². The highest BCUT2D eigenvalue weighted by atomic mass is 31.2. The van der Waals surface area contributed by atoms with Crippen LogP contribution in [0.3, 0.4) is 0 Å². The van der Waals surface area contributed by atoms with E-state index in [4.69, 9.17) is 9.05 Å². The van der Waals surface area contributed by atoms with Gasteiger partial charge in [0.05, 0.1) is 31.8 Å². The van der Waals surface area contributed by atoms with E-state index in [1.807, 2.05) is 0 Å². The Morgan fingerprint density at radius 2 is 1.24 bits per heavy atom. The summed E-state index contributed by atoms with van der Waals surface area (Å²) in [6.07, 6.45) is 0.400. The van der Waals surface area contributed by atoms with Gasteiger partial charge in [-0.25, -0.2) is 0 Å². The zero-order chi connectivity index (χ0) is 16.6. The standard InChI is InChI=1S/C11H26O8P2/c1-3-5-20(14,15)18-9-11(7-12,8-13)10-19-21(16,17)6-4-2/h12-13H,3-10H2,1-2H3,(H,14,15)(H,16,17)/p-2. The summed E-state index contributed by atoms with van der Waals surface area (Å²) in [6.45, 7) is 0.935. The molecule has 10 heteroatoms. The first-order valence-corrected chi connectivity index (χ1v) is 10.2. The predicted octanol–water partition coefficient (Wildman–Crippen LogP) is -0.0826. The van der Waals surface area contributed by atoms with Crippen molar-refractivity contribution in [1.29, 1.82) is 0 Å². The van der Waals surface area contributed by atoms with Crippen LogP contribution < -0.4 is 9.79 Å². The fourth-order valence-electron chi connectivity index (χ4n) is 1.42. The summed E-state index contributed by atoms with van der Waals surface area (Å²) in [5.74, 6) is 0. The van der Waals surface area contributed by atoms with Crippen molar-refractivity contribution in [2.45, 2.75) is 26.7 Å². The number of hydrogen-bond donors (Lipinski definition) is 2. The molecule has 2 N–H and O–H groups in total. The van der Waals surface area contributed by atoms with Crippen molar-refractivity contribution in [3.63, 3.8) is 0 Å². The molecular formula is C11H24O8P2-2. The maximum absolute atomic E-state index is 11.5. The first kappa shape index (κ1) is 21.2. The van der Waals surface area contributed by atoms with Gasteiger partial charge in [0.25, 0.3) is 0 Å². The van der Waals surface area contributed by atoms with Crippen molar-refractivity contribution in [3.05, 3.63) is 0 Å². The molecule has 0 aromatic rings. The van der Waals surface area contributed by atoms with Crippen LogP contribution in [0.4, 0.5) is 0 Å². The fraction of sp³-hybridized carbons (Fsp3) is 1.00. The Labute approximate surface area is 125 Å². The van der Waals surface area contributed by atoms with Gasteiger partial charge in [-0.05, 0) is 12.8 Å². The molecule has 0 fully saturated rings. The van der Waals surface area contributed by atoms with Crippen LogP contribution in [0.1, 0.15) is 26.7 Å². The largest absolute Gasteiger partial charge is 0.778 e. The zero-order valence-electron chi connectivity index (χ0n) is 12.4. The molecular weight excluding hydrogens is 322 g/mol. The number of hydrogen-bond acceptors (Lipinski definition) is 8. The summed E-state index contributed by atoms with van der Waals surface area (Å²) in [7, 11) is -8.13. The smallest absolute Gasteiger partial charge is 0.134 e. The van der Waals surface area contributed by atoms with Gasteiger partial charge >= 0.3 is 0 Å². The van der Waals surface area contributed by atoms with E-state index < -0.39 is 47.0 Å². The molecule has 0 bridgehead atoms. The summed E-state index contributed by atoms with van der Waals surface area (Å²) in [5.41, 5.74) is -1.48. The quantitative estimate of drug-likeness (QED) is 0.468. The zero-order valence-corrected chi connectivity index (χ0v) is 14.2. The molecule has 0 aliphatic rings. The van der Waals surface area contributed by atoms with Gasteiger partial charge in [-0.1, -0.05) is 13.8 Å². The third-order valence-corrected chi connectivity index (χ3v) is 5.84. The van der Waals surface area contributed by atoms with Crippen molar-refractivity contribution in [1.82, 2.24) is 0 Å². The lowest BCUT2D eigenvalue weighted by Crippen LogP contribution is -2.40. The second-order valence-electron chi connectivity index (χ2n) is 5.03. The molecule has 0 heterocycles. The minimum absolute atomic E-state index is 0.170. The van der Waals surface area contributed by atoms with E-state index in [1.54, 1.807) is 13.8 Å². The first-order chi connectivity index (χ1) is 9.66. The molecule has 0 rings (SSSR count). The summed E-state index contributed by atoms with van der Waals surface area (Å²) in [5, 5.41) is 18.7. The van der Waals surface area contributed by atoms with E-state index >= 15 is 0 Å². The molecule has 0 saturated carbocycles. The molecule has 0 radical (unpaired) electrons. The van der Waals surface area contributed by atoms with Crippen LogP contribution in [0.15, 0.2) is 0 Å². The summed E-state index contributed by atoms with van der Waals surface area (Å²) >= 11 is 0. The molecule has 0 aliphatic carbocycles. The molecule has 0 aliphatic heterocycles. The molecule has 21 heavy (non-hydrogen) atoms. The van der Waals surface area contributed by atoms with Crippen LogP contribution in [0, 0.1) is 5.41 Å². The lowest BCUT2D eigenvalue weighted by Gasteiger charge is -2.35. The minimum atomic E-state index is -4.07. The molecule has 0 aromatic carbocycles. The third kappa shape index (κ3) is 8.43. The highest BCUT2D eigenvalue weighted by Crippen LogP contribution is 2.42. The molecule has 0 spiro atoms. The van der Waals surface area contributed by atoms with E-state index in [9.17, 15) is 29.1 Å². The number of aliphatic hydroxyl groups is 2. The van der Waals surface area contributed by atoms with Crippen LogP contribution in [0.5, 0.6) is 0 Å². The van der Waals surface area contributed by atoms with Gasteiger partial charge in [0, 0.05) is 12.3 Å². The second-order valence-corrected chi connectivity index (χ2v) is 8.89. The van der Waals surface area contributed by atoms with E-state index in [1.165, 1.54) is 0 Å². The van der Waals surface area contributed by atoms with Crippen molar-refractivity contribution in [2.24, 2.45) is 5.41 Å². The third-order valence-electron chi connectivity index (χ3n) is 2.80. The average molecular weight is 346 g/mol. The summed E-state index contributed by atoms with van der Waals surface area (Å²) < 4.78 is 32.5. The Bertz CT molecular complexity index is 350. The van der Waals surface area contributed by atoms with E-state index in [2.05, 4.69) is 0 Å². The Balaban J connectivity index is 4.70. The van der Waals surface area contributed by atoms with Gasteiger partial charge in [0.2, 0.25) is 0 Å². The SMILES string of the molecule is CCCP(=O)([O-])OCC(CO)(CO)COP(=O)([O-])CCC. The summed E-state index contributed by atoms with van der Waals surface area (Å²) in [6, 6.07) is 0. The summed E-state index contributed by atoms with van der Waals surface area (Å²) in [4.78, 5) is 23.0. The molecule has 0 amide bonds. The topological polar surface area (TPSA) is 139 Å². The monoisotopic (exact) mass is 346 g/mol. The average Bonchev–Trinajstić information content (AvgIpc) is 2.40. The molecule has 128 valence electrons. The maximum atomic E-state index is 11.5. The molecule has 0 aromatic heterocycles. The van der Waals surface area contributed by atoms with Crippen molar-refractivity contribution >= 4 is 15.2 Å². The van der Waals surface area contributed by atoms with Gasteiger partial charge in [-0.15, -0.1) is 0 Å². The van der Waals surface area contributed by atoms with Crippen LogP contribution in [-0.2, 0) is 18.2 Å². The molecule has 2 atom stereocenters. The van der Waals surface area contributed by atoms with Crippen molar-refractivity contribution in [2.75, 3.05) is 38.8 Å². The lowest BCUT2D eigenvalue weighted by molar-refractivity contribution is -0.207. The van der Waals surface area contributed by atoms with Gasteiger partial charge in [-0.2, -0.15) is 0 Å². The predicted molar refractivity (Wildman–Crippen MR) is 74.0 cm³/mol. The van der Waals surface area contributed by atoms with E-state index in [-0.39, 0.29) is 12.3 Å². The molecule has 8 nitrogen and oxygen atoms in total. The van der Waals surface area contributed by atoms with Crippen LogP contribution in [0.25, 0.3) is 0 Å². The normalized spacial score (nSPS) is 18.2. The first-order valence-electron chi connectivity index (χ1n) is 6.77. The molecule has 0 saturated heterocycles. The fourth-order valence-corrected chi connectivity index (χ4v) is 3.72. The Morgan fingerprint density at radius 1 is 0.905 bits per heavy atom. The second kappa shape index (κ2) is 9.38. The van der Waals surface area contributed by atoms with Crippen LogP contribution in [-0.4, -0.2) is 49.0 Å².